The zero-order chi connectivity index (χ0) is 15.7. The Kier molecular flexibility index (Phi) is 3.72. The Balaban J connectivity index is 2.19. The third kappa shape index (κ3) is 2.50. The molecule has 2 aromatic carbocycles. The van der Waals surface area contributed by atoms with Crippen LogP contribution in [0.1, 0.15) is 36.5 Å². The van der Waals surface area contributed by atoms with Crippen LogP contribution in [0.25, 0.3) is 11.0 Å². The van der Waals surface area contributed by atoms with Gasteiger partial charge in [-0.2, -0.15) is 0 Å². The number of fused-ring (bicyclic) bond motifs is 1. The van der Waals surface area contributed by atoms with Crippen molar-refractivity contribution >= 4 is 11.0 Å². The van der Waals surface area contributed by atoms with Crippen molar-refractivity contribution in [3.8, 4) is 5.75 Å². The van der Waals surface area contributed by atoms with Gasteiger partial charge in [-0.3, -0.25) is 0 Å². The van der Waals surface area contributed by atoms with Crippen molar-refractivity contribution < 1.29 is 9.52 Å². The minimum absolute atomic E-state index is 0.0256. The van der Waals surface area contributed by atoms with Crippen molar-refractivity contribution in [2.45, 2.75) is 26.2 Å². The second-order valence-electron chi connectivity index (χ2n) is 5.76. The minimum Gasteiger partial charge on any atom is -0.507 e. The van der Waals surface area contributed by atoms with Crippen molar-refractivity contribution in [1.29, 1.82) is 0 Å². The third-order valence-electron chi connectivity index (χ3n) is 3.87. The first-order chi connectivity index (χ1) is 10.6. The summed E-state index contributed by atoms with van der Waals surface area (Å²) in [5, 5.41) is 11.1. The van der Waals surface area contributed by atoms with E-state index in [4.69, 9.17) is 4.42 Å². The highest BCUT2D eigenvalue weighted by molar-refractivity contribution is 5.87. The van der Waals surface area contributed by atoms with Gasteiger partial charge in [0, 0.05) is 6.42 Å². The number of rotatable bonds is 3. The summed E-state index contributed by atoms with van der Waals surface area (Å²) in [6, 6.07) is 15.2. The molecule has 1 heterocycles. The zero-order valence-corrected chi connectivity index (χ0v) is 12.7. The first kappa shape index (κ1) is 14.4. The van der Waals surface area contributed by atoms with Crippen LogP contribution >= 0.6 is 0 Å². The Labute approximate surface area is 128 Å². The predicted octanol–water partition coefficient (Wildman–Crippen LogP) is 4.21. The average molecular weight is 294 g/mol. The molecule has 0 aliphatic rings. The number of para-hydroxylation sites is 1. The van der Waals surface area contributed by atoms with Crippen LogP contribution in [0.2, 0.25) is 0 Å². The molecule has 1 aromatic heterocycles. The van der Waals surface area contributed by atoms with E-state index in [1.165, 1.54) is 0 Å². The Bertz CT molecular complexity index is 861. The molecule has 0 bridgehead atoms. The van der Waals surface area contributed by atoms with Crippen molar-refractivity contribution in [2.24, 2.45) is 0 Å². The highest BCUT2D eigenvalue weighted by Crippen LogP contribution is 2.32. The fraction of sp³-hybridized carbons (Fsp3) is 0.211. The van der Waals surface area contributed by atoms with E-state index in [1.807, 2.05) is 56.3 Å². The molecule has 0 aliphatic carbocycles. The van der Waals surface area contributed by atoms with Gasteiger partial charge in [0.15, 0.2) is 0 Å². The van der Waals surface area contributed by atoms with Crippen molar-refractivity contribution in [2.75, 3.05) is 0 Å². The van der Waals surface area contributed by atoms with Crippen LogP contribution in [-0.2, 0) is 6.42 Å². The summed E-state index contributed by atoms with van der Waals surface area (Å²) in [6.45, 7) is 4.06. The summed E-state index contributed by atoms with van der Waals surface area (Å²) in [5.41, 5.74) is 2.21. The smallest absolute Gasteiger partial charge is 0.343 e. The van der Waals surface area contributed by atoms with Gasteiger partial charge in [0.2, 0.25) is 0 Å². The van der Waals surface area contributed by atoms with Gasteiger partial charge < -0.3 is 9.52 Å². The van der Waals surface area contributed by atoms with E-state index in [9.17, 15) is 9.90 Å². The SMILES string of the molecule is CC(C)c1cccc2c(O)c(Cc3ccccc3)c(=O)oc12. The molecule has 0 saturated heterocycles. The van der Waals surface area contributed by atoms with Crippen LogP contribution < -0.4 is 5.63 Å². The molecule has 0 fully saturated rings. The lowest BCUT2D eigenvalue weighted by molar-refractivity contribution is 0.458. The van der Waals surface area contributed by atoms with Crippen LogP contribution in [0.15, 0.2) is 57.7 Å². The second-order valence-corrected chi connectivity index (χ2v) is 5.76. The zero-order valence-electron chi connectivity index (χ0n) is 12.7. The molecule has 22 heavy (non-hydrogen) atoms. The normalized spacial score (nSPS) is 11.2. The number of aromatic hydroxyl groups is 1. The fourth-order valence-corrected chi connectivity index (χ4v) is 2.68. The summed E-state index contributed by atoms with van der Waals surface area (Å²) in [5.74, 6) is 0.240. The standard InChI is InChI=1S/C19H18O3/c1-12(2)14-9-6-10-15-17(20)16(19(21)22-18(14)15)11-13-7-4-3-5-8-13/h3-10,12,20H,11H2,1-2H3. The fourth-order valence-electron chi connectivity index (χ4n) is 2.68. The highest BCUT2D eigenvalue weighted by atomic mass is 16.4. The molecule has 0 aliphatic heterocycles. The molecule has 0 spiro atoms. The molecule has 3 nitrogen and oxygen atoms in total. The van der Waals surface area contributed by atoms with Gasteiger partial charge in [-0.15, -0.1) is 0 Å². The summed E-state index contributed by atoms with van der Waals surface area (Å²) < 4.78 is 5.52. The molecule has 0 atom stereocenters. The number of benzene rings is 2. The Morgan fingerprint density at radius 2 is 1.77 bits per heavy atom. The van der Waals surface area contributed by atoms with E-state index in [0.717, 1.165) is 11.1 Å². The molecule has 0 amide bonds. The lowest BCUT2D eigenvalue weighted by Gasteiger charge is -2.11. The van der Waals surface area contributed by atoms with Crippen LogP contribution in [0.4, 0.5) is 0 Å². The van der Waals surface area contributed by atoms with Gasteiger partial charge in [0.05, 0.1) is 10.9 Å². The summed E-state index contributed by atoms with van der Waals surface area (Å²) >= 11 is 0. The van der Waals surface area contributed by atoms with Crippen molar-refractivity contribution in [3.05, 3.63) is 75.6 Å². The molecule has 0 unspecified atom stereocenters. The quantitative estimate of drug-likeness (QED) is 0.736. The van der Waals surface area contributed by atoms with Crippen molar-refractivity contribution in [1.82, 2.24) is 0 Å². The first-order valence-electron chi connectivity index (χ1n) is 7.39. The Morgan fingerprint density at radius 3 is 2.45 bits per heavy atom. The van der Waals surface area contributed by atoms with E-state index in [2.05, 4.69) is 0 Å². The summed E-state index contributed by atoms with van der Waals surface area (Å²) in [7, 11) is 0. The molecule has 3 heteroatoms. The Hall–Kier alpha value is -2.55. The van der Waals surface area contributed by atoms with Gasteiger partial charge in [-0.1, -0.05) is 56.3 Å². The van der Waals surface area contributed by atoms with Crippen LogP contribution in [0, 0.1) is 0 Å². The molecular formula is C19H18O3. The van der Waals surface area contributed by atoms with Gasteiger partial charge >= 0.3 is 5.63 Å². The largest absolute Gasteiger partial charge is 0.507 e. The van der Waals surface area contributed by atoms with Crippen LogP contribution in [-0.4, -0.2) is 5.11 Å². The monoisotopic (exact) mass is 294 g/mol. The Morgan fingerprint density at radius 1 is 1.05 bits per heavy atom. The van der Waals surface area contributed by atoms with Gasteiger partial charge in [0.25, 0.3) is 0 Å². The topological polar surface area (TPSA) is 50.4 Å². The predicted molar refractivity (Wildman–Crippen MR) is 87.5 cm³/mol. The van der Waals surface area contributed by atoms with Gasteiger partial charge in [-0.25, -0.2) is 4.79 Å². The highest BCUT2D eigenvalue weighted by Gasteiger charge is 2.17. The molecular weight excluding hydrogens is 276 g/mol. The molecule has 0 radical (unpaired) electrons. The average Bonchev–Trinajstić information content (AvgIpc) is 2.52. The molecule has 0 saturated carbocycles. The third-order valence-corrected chi connectivity index (χ3v) is 3.87. The van der Waals surface area contributed by atoms with Crippen LogP contribution in [0.5, 0.6) is 5.75 Å². The van der Waals surface area contributed by atoms with Gasteiger partial charge in [-0.05, 0) is 23.1 Å². The summed E-state index contributed by atoms with van der Waals surface area (Å²) in [6.07, 6.45) is 0.358. The van der Waals surface area contributed by atoms with E-state index < -0.39 is 5.63 Å². The van der Waals surface area contributed by atoms with Crippen molar-refractivity contribution in [3.63, 3.8) is 0 Å². The van der Waals surface area contributed by atoms with E-state index in [-0.39, 0.29) is 11.7 Å². The maximum Gasteiger partial charge on any atom is 0.343 e. The van der Waals surface area contributed by atoms with Crippen LogP contribution in [0.3, 0.4) is 0 Å². The molecule has 112 valence electrons. The second kappa shape index (κ2) is 5.68. The number of hydrogen-bond donors (Lipinski definition) is 1. The lowest BCUT2D eigenvalue weighted by Crippen LogP contribution is -2.09. The minimum atomic E-state index is -0.470. The maximum atomic E-state index is 12.3. The van der Waals surface area contributed by atoms with E-state index in [1.54, 1.807) is 6.07 Å². The molecule has 1 N–H and O–H groups in total. The maximum absolute atomic E-state index is 12.3. The van der Waals surface area contributed by atoms with E-state index in [0.29, 0.717) is 23.0 Å². The summed E-state index contributed by atoms with van der Waals surface area (Å²) in [4.78, 5) is 12.3. The molecule has 3 aromatic rings. The first-order valence-corrected chi connectivity index (χ1v) is 7.39. The van der Waals surface area contributed by atoms with Gasteiger partial charge in [0.1, 0.15) is 11.3 Å². The van der Waals surface area contributed by atoms with E-state index >= 15 is 0 Å². The molecule has 3 rings (SSSR count). The lowest BCUT2D eigenvalue weighted by atomic mass is 9.98. The number of hydrogen-bond acceptors (Lipinski definition) is 3.